The molecule has 13 N–H and O–H groups in total. The van der Waals surface area contributed by atoms with Gasteiger partial charge in [-0.05, 0) is 45.9 Å². The van der Waals surface area contributed by atoms with E-state index in [1.54, 1.807) is 0 Å². The number of hydrogen-bond donors (Lipinski definition) is 12. The SMILES string of the molecule is C=C(NC(=O)C(=C)NC(=O)C(=C)NC(=O)c1ccc2c(n1)-c1coc(n1)C(=C)NC(=O)C(=C)NC(=O)c1nc(oc1C)/C(=C/C)NC(=O)c1csc(n1)C(OC)NC(=O)c1nc(oc1C)/C(=C/CO)NC(=O)C(C(C)O)NC(=O)c1csc-2n1)C(N)=O. The molecule has 34 heteroatoms. The van der Waals surface area contributed by atoms with E-state index in [2.05, 4.69) is 105 Å². The molecule has 32 nitrogen and oxygen atoms in total. The van der Waals surface area contributed by atoms with Crippen LogP contribution in [0.3, 0.4) is 0 Å². The fourth-order valence-electron chi connectivity index (χ4n) is 7.21. The predicted octanol–water partition coefficient (Wildman–Crippen LogP) is 0.737. The molecule has 0 aromatic carbocycles. The molecule has 1 aliphatic rings. The molecule has 0 aliphatic carbocycles. The van der Waals surface area contributed by atoms with Gasteiger partial charge in [-0.25, -0.2) is 29.9 Å². The Labute approximate surface area is 498 Å². The van der Waals surface area contributed by atoms with Crippen molar-refractivity contribution in [3.05, 3.63) is 160 Å². The van der Waals surface area contributed by atoms with Crippen LogP contribution in [0.5, 0.6) is 0 Å². The minimum Gasteiger partial charge on any atom is -0.443 e. The second-order valence-electron chi connectivity index (χ2n) is 17.8. The van der Waals surface area contributed by atoms with E-state index >= 15 is 0 Å². The molecule has 1 aliphatic heterocycles. The van der Waals surface area contributed by atoms with Gasteiger partial charge in [0.05, 0.1) is 41.2 Å². The number of carbonyl (C=O) groups is 10. The Morgan fingerprint density at radius 1 is 0.713 bits per heavy atom. The van der Waals surface area contributed by atoms with Crippen LogP contribution in [0.2, 0.25) is 0 Å². The molecule has 3 atom stereocenters. The fourth-order valence-corrected chi connectivity index (χ4v) is 8.86. The number of nitrogens with zero attached hydrogens (tertiary/aromatic N) is 6. The van der Waals surface area contributed by atoms with Crippen molar-refractivity contribution in [1.82, 2.24) is 77.8 Å². The Morgan fingerprint density at radius 2 is 1.32 bits per heavy atom. The van der Waals surface area contributed by atoms with E-state index in [9.17, 15) is 58.2 Å². The van der Waals surface area contributed by atoms with Gasteiger partial charge in [-0.15, -0.1) is 22.7 Å². The van der Waals surface area contributed by atoms with Gasteiger partial charge in [0.2, 0.25) is 23.6 Å². The standard InChI is InChI=1S/C53H50N16O16S2/c1-11-28-49-67-35(25(8)84-49)46(80)58-22(5)41(75)59-23(6)48-63-31(16-83-48)37-27(12-13-29(60-37)42(76)57-21(4)40(74)56-20(3)39(73)55-19(2)38(54)72)52-64-33(17-86-52)44(78)66-34(24(7)71)45(79)62-30(14-15-70)50-68-36(26(9)85-50)47(81)69-51(82-10)53-65-32(18-87-53)43(77)61-28/h11-14,16-18,24,34,51,70-71H,2-6,15H2,1,7-10H3,(H2,54,72)(H,55,73)(H,56,74)(H,57,76)(H,58,80)(H,59,75)(H,61,77)(H,62,79)(H,66,78)(H,69,81)/b28-11-,30-14-. The molecule has 10 amide bonds. The van der Waals surface area contributed by atoms with E-state index < -0.39 is 113 Å². The Morgan fingerprint density at radius 3 is 1.95 bits per heavy atom. The normalized spacial score (nSPS) is 16.7. The zero-order chi connectivity index (χ0) is 63.7. The number of pyridine rings is 1. The van der Waals surface area contributed by atoms with Crippen LogP contribution in [-0.4, -0.2) is 125 Å². The highest BCUT2D eigenvalue weighted by Crippen LogP contribution is 2.34. The first kappa shape index (κ1) is 63.4. The summed E-state index contributed by atoms with van der Waals surface area (Å²) < 4.78 is 22.6. The van der Waals surface area contributed by atoms with Crippen LogP contribution < -0.4 is 53.6 Å². The average molecular weight is 1230 g/mol. The molecular formula is C53H50N16O16S2. The minimum atomic E-state index is -1.73. The van der Waals surface area contributed by atoms with Gasteiger partial charge in [-0.1, -0.05) is 39.0 Å². The summed E-state index contributed by atoms with van der Waals surface area (Å²) in [6.45, 7) is 22.4. The molecule has 0 saturated heterocycles. The molecule has 0 fully saturated rings. The average Bonchev–Trinajstić information content (AvgIpc) is 2.86. The van der Waals surface area contributed by atoms with Gasteiger partial charge < -0.3 is 81.8 Å². The topological polar surface area (TPSA) is 471 Å². The summed E-state index contributed by atoms with van der Waals surface area (Å²) in [4.78, 5) is 158. The number of nitrogens with one attached hydrogen (secondary N) is 9. The van der Waals surface area contributed by atoms with E-state index in [1.165, 1.54) is 63.8 Å². The fraction of sp³-hybridized carbons (Fsp3) is 0.170. The third-order valence-corrected chi connectivity index (χ3v) is 13.4. The number of nitrogens with two attached hydrogens (primary N) is 1. The van der Waals surface area contributed by atoms with Crippen molar-refractivity contribution in [3.63, 3.8) is 0 Å². The van der Waals surface area contributed by atoms with E-state index in [-0.39, 0.29) is 96.0 Å². The number of aryl methyl sites for hydroxylation is 2. The number of aliphatic hydroxyl groups is 2. The number of fused-ring (bicyclic) bond motifs is 13. The van der Waals surface area contributed by atoms with Crippen molar-refractivity contribution < 1.29 is 76.1 Å². The maximum Gasteiger partial charge on any atom is 0.278 e. The molecule has 6 aromatic heterocycles. The smallest absolute Gasteiger partial charge is 0.278 e. The number of carbonyl (C=O) groups excluding carboxylic acids is 10. The summed E-state index contributed by atoms with van der Waals surface area (Å²) >= 11 is 1.80. The van der Waals surface area contributed by atoms with Gasteiger partial charge in [0, 0.05) is 23.4 Å². The monoisotopic (exact) mass is 1230 g/mol. The van der Waals surface area contributed by atoms with Gasteiger partial charge >= 0.3 is 0 Å². The molecule has 3 unspecified atom stereocenters. The lowest BCUT2D eigenvalue weighted by Gasteiger charge is -2.20. The van der Waals surface area contributed by atoms with Crippen molar-refractivity contribution >= 4 is 98.8 Å². The summed E-state index contributed by atoms with van der Waals surface area (Å²) in [7, 11) is 1.25. The Bertz CT molecular complexity index is 3990. The van der Waals surface area contributed by atoms with Crippen LogP contribution in [0.4, 0.5) is 0 Å². The highest BCUT2D eigenvalue weighted by molar-refractivity contribution is 7.13. The first-order valence-electron chi connectivity index (χ1n) is 24.8. The van der Waals surface area contributed by atoms with Gasteiger partial charge in [0.15, 0.2) is 17.6 Å². The van der Waals surface area contributed by atoms with Crippen LogP contribution in [0, 0.1) is 13.8 Å². The van der Waals surface area contributed by atoms with Crippen molar-refractivity contribution in [3.8, 4) is 22.0 Å². The number of ether oxygens (including phenoxy) is 1. The lowest BCUT2D eigenvalue weighted by molar-refractivity contribution is -0.124. The summed E-state index contributed by atoms with van der Waals surface area (Å²) in [5, 5.41) is 44.6. The minimum absolute atomic E-state index is 0.00272. The van der Waals surface area contributed by atoms with E-state index in [1.807, 2.05) is 5.32 Å². The second-order valence-corrected chi connectivity index (χ2v) is 19.6. The van der Waals surface area contributed by atoms with Crippen molar-refractivity contribution in [2.45, 2.75) is 46.1 Å². The van der Waals surface area contributed by atoms with E-state index in [4.69, 9.17) is 23.7 Å². The van der Waals surface area contributed by atoms with Crippen LogP contribution in [0.15, 0.2) is 110 Å². The van der Waals surface area contributed by atoms with Crippen molar-refractivity contribution in [1.29, 1.82) is 0 Å². The zero-order valence-electron chi connectivity index (χ0n) is 46.2. The summed E-state index contributed by atoms with van der Waals surface area (Å²) in [6.07, 6.45) is 0.673. The molecule has 7 heterocycles. The molecule has 0 saturated carbocycles. The third kappa shape index (κ3) is 14.8. The summed E-state index contributed by atoms with van der Waals surface area (Å²) in [6, 6.07) is 0.779. The van der Waals surface area contributed by atoms with Crippen LogP contribution in [0.25, 0.3) is 39.1 Å². The Balaban J connectivity index is 1.22. The predicted molar refractivity (Wildman–Crippen MR) is 304 cm³/mol. The number of rotatable bonds is 10. The first-order chi connectivity index (χ1) is 41.2. The van der Waals surface area contributed by atoms with Crippen LogP contribution >= 0.6 is 22.7 Å². The second kappa shape index (κ2) is 27.0. The third-order valence-electron chi connectivity index (χ3n) is 11.6. The van der Waals surface area contributed by atoms with Crippen molar-refractivity contribution in [2.24, 2.45) is 5.73 Å². The highest BCUT2D eigenvalue weighted by atomic mass is 32.1. The molecule has 0 radical (unpaired) electrons. The molecular weight excluding hydrogens is 1180 g/mol. The number of thiazole rings is 2. The molecule has 10 bridgehead atoms. The lowest BCUT2D eigenvalue weighted by atomic mass is 10.1. The zero-order valence-corrected chi connectivity index (χ0v) is 47.8. The number of amides is 10. The van der Waals surface area contributed by atoms with E-state index in [0.717, 1.165) is 35.0 Å². The number of allylic oxidation sites excluding steroid dienone is 1. The maximum atomic E-state index is 13.9. The molecule has 450 valence electrons. The van der Waals surface area contributed by atoms with Gasteiger partial charge in [0.25, 0.3) is 53.2 Å². The Hall–Kier alpha value is -11.2. The molecule has 87 heavy (non-hydrogen) atoms. The lowest BCUT2D eigenvalue weighted by Crippen LogP contribution is -2.52. The highest BCUT2D eigenvalue weighted by Gasteiger charge is 2.32. The van der Waals surface area contributed by atoms with Crippen LogP contribution in [0.1, 0.15) is 107 Å². The van der Waals surface area contributed by atoms with Gasteiger partial charge in [0.1, 0.15) is 73.7 Å². The largest absolute Gasteiger partial charge is 0.443 e. The number of primary amides is 1. The number of aliphatic hydroxyl groups excluding tert-OH is 2. The number of aromatic nitrogens is 6. The Kier molecular flexibility index (Phi) is 19.7. The molecule has 7 rings (SSSR count). The molecule has 6 aromatic rings. The maximum absolute atomic E-state index is 13.9. The van der Waals surface area contributed by atoms with Crippen LogP contribution in [-0.2, 0) is 28.7 Å². The summed E-state index contributed by atoms with van der Waals surface area (Å²) in [5.41, 5.74) is 0.519. The van der Waals surface area contributed by atoms with Gasteiger partial charge in [-0.2, -0.15) is 0 Å². The first-order valence-corrected chi connectivity index (χ1v) is 26.5. The quantitative estimate of drug-likeness (QED) is 0.0841. The summed E-state index contributed by atoms with van der Waals surface area (Å²) in [5.74, 6) is -11.0. The van der Waals surface area contributed by atoms with Crippen molar-refractivity contribution in [2.75, 3.05) is 13.7 Å². The number of hydrogen-bond acceptors (Lipinski definition) is 24. The van der Waals surface area contributed by atoms with E-state index in [0.29, 0.717) is 0 Å². The molecule has 0 spiro atoms. The number of methoxy groups -OCH3 is 1. The van der Waals surface area contributed by atoms with Gasteiger partial charge in [-0.3, -0.25) is 47.9 Å². The number of oxazole rings is 3.